The molecule has 0 unspecified atom stereocenters. The third-order valence-electron chi connectivity index (χ3n) is 2.89. The molecular formula is C15H9BrF4O. The van der Waals surface area contributed by atoms with Gasteiger partial charge in [-0.05, 0) is 29.8 Å². The van der Waals surface area contributed by atoms with E-state index in [0.717, 1.165) is 18.2 Å². The lowest BCUT2D eigenvalue weighted by atomic mass is 9.98. The first-order valence-corrected chi connectivity index (χ1v) is 6.71. The van der Waals surface area contributed by atoms with Gasteiger partial charge in [-0.15, -0.1) is 0 Å². The van der Waals surface area contributed by atoms with E-state index in [9.17, 15) is 22.4 Å². The number of benzene rings is 2. The van der Waals surface area contributed by atoms with E-state index >= 15 is 0 Å². The molecule has 0 bridgehead atoms. The Morgan fingerprint density at radius 1 is 1.10 bits per heavy atom. The van der Waals surface area contributed by atoms with Crippen molar-refractivity contribution in [2.24, 2.45) is 0 Å². The maximum absolute atomic E-state index is 13.6. The number of hydrogen-bond acceptors (Lipinski definition) is 1. The first kappa shape index (κ1) is 15.7. The molecule has 6 heteroatoms. The fraction of sp³-hybridized carbons (Fsp3) is 0.133. The van der Waals surface area contributed by atoms with Gasteiger partial charge in [-0.1, -0.05) is 34.1 Å². The maximum Gasteiger partial charge on any atom is 0.417 e. The molecule has 0 radical (unpaired) electrons. The quantitative estimate of drug-likeness (QED) is 0.554. The fourth-order valence-corrected chi connectivity index (χ4v) is 2.33. The number of alkyl halides is 3. The molecule has 1 nitrogen and oxygen atoms in total. The van der Waals surface area contributed by atoms with Crippen LogP contribution in [0.1, 0.15) is 21.5 Å². The minimum absolute atomic E-state index is 0.0475. The van der Waals surface area contributed by atoms with E-state index in [-0.39, 0.29) is 5.56 Å². The van der Waals surface area contributed by atoms with Gasteiger partial charge in [-0.25, -0.2) is 4.39 Å². The summed E-state index contributed by atoms with van der Waals surface area (Å²) in [6.07, 6.45) is -5.06. The van der Waals surface area contributed by atoms with Crippen LogP contribution in [0.25, 0.3) is 0 Å². The predicted octanol–water partition coefficient (Wildman–Crippen LogP) is 5.03. The number of hydrogen-bond donors (Lipinski definition) is 0. The van der Waals surface area contributed by atoms with Crippen LogP contribution in [0.2, 0.25) is 0 Å². The van der Waals surface area contributed by atoms with Crippen LogP contribution >= 0.6 is 15.9 Å². The van der Waals surface area contributed by atoms with Crippen LogP contribution in [0.5, 0.6) is 0 Å². The first-order valence-electron chi connectivity index (χ1n) is 5.92. The molecule has 0 aliphatic heterocycles. The normalized spacial score (nSPS) is 11.5. The molecule has 0 aliphatic carbocycles. The van der Waals surface area contributed by atoms with Gasteiger partial charge < -0.3 is 0 Å². The van der Waals surface area contributed by atoms with Crippen molar-refractivity contribution in [3.8, 4) is 0 Å². The summed E-state index contributed by atoms with van der Waals surface area (Å²) in [5.41, 5.74) is -1.42. The second-order valence-electron chi connectivity index (χ2n) is 4.38. The molecule has 0 aliphatic rings. The largest absolute Gasteiger partial charge is 0.417 e. The van der Waals surface area contributed by atoms with Gasteiger partial charge in [-0.2, -0.15) is 13.2 Å². The van der Waals surface area contributed by atoms with E-state index in [4.69, 9.17) is 0 Å². The number of carbonyl (C=O) groups excluding carboxylic acids is 1. The minimum Gasteiger partial charge on any atom is -0.294 e. The number of carbonyl (C=O) groups is 1. The molecule has 110 valence electrons. The van der Waals surface area contributed by atoms with Gasteiger partial charge in [0.2, 0.25) is 0 Å². The van der Waals surface area contributed by atoms with Crippen LogP contribution < -0.4 is 0 Å². The number of Topliss-reactive ketones (excluding diaryl/α,β-unsaturated/α-hetero) is 1. The average Bonchev–Trinajstić information content (AvgIpc) is 2.42. The van der Waals surface area contributed by atoms with Crippen molar-refractivity contribution < 1.29 is 22.4 Å². The molecule has 0 atom stereocenters. The Morgan fingerprint density at radius 2 is 1.76 bits per heavy atom. The molecule has 0 spiro atoms. The SMILES string of the molecule is O=C(Cc1cc(Br)ccc1F)c1ccccc1C(F)(F)F. The number of ketones is 1. The Hall–Kier alpha value is -1.69. The summed E-state index contributed by atoms with van der Waals surface area (Å²) < 4.78 is 52.7. The molecule has 0 aromatic heterocycles. The highest BCUT2D eigenvalue weighted by molar-refractivity contribution is 9.10. The Bertz CT molecular complexity index is 680. The molecule has 0 N–H and O–H groups in total. The predicted molar refractivity (Wildman–Crippen MR) is 73.6 cm³/mol. The van der Waals surface area contributed by atoms with E-state index in [0.29, 0.717) is 4.47 Å². The zero-order valence-electron chi connectivity index (χ0n) is 10.5. The lowest BCUT2D eigenvalue weighted by Gasteiger charge is -2.12. The summed E-state index contributed by atoms with van der Waals surface area (Å²) in [6, 6.07) is 8.48. The second kappa shape index (κ2) is 5.97. The van der Waals surface area contributed by atoms with E-state index in [1.165, 1.54) is 24.3 Å². The first-order chi connectivity index (χ1) is 9.79. The Kier molecular flexibility index (Phi) is 4.46. The third kappa shape index (κ3) is 3.69. The van der Waals surface area contributed by atoms with Crippen LogP contribution in [0.15, 0.2) is 46.9 Å². The molecule has 2 rings (SSSR count). The summed E-state index contributed by atoms with van der Waals surface area (Å²) in [7, 11) is 0. The van der Waals surface area contributed by atoms with Crippen LogP contribution in [-0.2, 0) is 12.6 Å². The topological polar surface area (TPSA) is 17.1 Å². The summed E-state index contributed by atoms with van der Waals surface area (Å²) in [5, 5.41) is 0. The molecule has 0 saturated carbocycles. The van der Waals surface area contributed by atoms with Crippen LogP contribution in [0.3, 0.4) is 0 Å². The highest BCUT2D eigenvalue weighted by Crippen LogP contribution is 2.32. The van der Waals surface area contributed by atoms with Gasteiger partial charge >= 0.3 is 6.18 Å². The van der Waals surface area contributed by atoms with Crippen molar-refractivity contribution in [2.75, 3.05) is 0 Å². The van der Waals surface area contributed by atoms with Gasteiger partial charge in [0.15, 0.2) is 5.78 Å². The van der Waals surface area contributed by atoms with Crippen LogP contribution in [-0.4, -0.2) is 5.78 Å². The lowest BCUT2D eigenvalue weighted by molar-refractivity contribution is -0.137. The van der Waals surface area contributed by atoms with E-state index < -0.39 is 35.3 Å². The van der Waals surface area contributed by atoms with E-state index in [1.807, 2.05) is 0 Å². The maximum atomic E-state index is 13.6. The summed E-state index contributed by atoms with van der Waals surface area (Å²) >= 11 is 3.13. The van der Waals surface area contributed by atoms with Gasteiger partial charge in [0.1, 0.15) is 5.82 Å². The number of rotatable bonds is 3. The van der Waals surface area contributed by atoms with Gasteiger partial charge in [0.05, 0.1) is 5.56 Å². The average molecular weight is 361 g/mol. The lowest BCUT2D eigenvalue weighted by Crippen LogP contribution is -2.14. The molecule has 0 saturated heterocycles. The highest BCUT2D eigenvalue weighted by atomic mass is 79.9. The smallest absolute Gasteiger partial charge is 0.294 e. The summed E-state index contributed by atoms with van der Waals surface area (Å²) in [5.74, 6) is -1.41. The van der Waals surface area contributed by atoms with Crippen molar-refractivity contribution in [2.45, 2.75) is 12.6 Å². The Morgan fingerprint density at radius 3 is 2.43 bits per heavy atom. The Balaban J connectivity index is 2.36. The molecule has 0 fully saturated rings. The molecule has 21 heavy (non-hydrogen) atoms. The zero-order chi connectivity index (χ0) is 15.6. The third-order valence-corrected chi connectivity index (χ3v) is 3.38. The van der Waals surface area contributed by atoms with Gasteiger partial charge in [0, 0.05) is 16.5 Å². The molecule has 2 aromatic rings. The van der Waals surface area contributed by atoms with Gasteiger partial charge in [0.25, 0.3) is 0 Å². The van der Waals surface area contributed by atoms with Crippen molar-refractivity contribution in [3.05, 3.63) is 69.4 Å². The number of halogens is 5. The van der Waals surface area contributed by atoms with Crippen molar-refractivity contribution in [3.63, 3.8) is 0 Å². The van der Waals surface area contributed by atoms with Crippen LogP contribution in [0.4, 0.5) is 17.6 Å². The van der Waals surface area contributed by atoms with Crippen molar-refractivity contribution in [1.29, 1.82) is 0 Å². The molecule has 2 aromatic carbocycles. The fourth-order valence-electron chi connectivity index (χ4n) is 1.92. The van der Waals surface area contributed by atoms with E-state index in [2.05, 4.69) is 15.9 Å². The van der Waals surface area contributed by atoms with Crippen LogP contribution in [0, 0.1) is 5.82 Å². The highest BCUT2D eigenvalue weighted by Gasteiger charge is 2.34. The molecule has 0 heterocycles. The standard InChI is InChI=1S/C15H9BrF4O/c16-10-5-6-13(17)9(7-10)8-14(21)11-3-1-2-4-12(11)15(18,19)20/h1-7H,8H2. The van der Waals surface area contributed by atoms with Crippen molar-refractivity contribution in [1.82, 2.24) is 0 Å². The monoisotopic (exact) mass is 360 g/mol. The molecular weight excluding hydrogens is 352 g/mol. The Labute approximate surface area is 126 Å². The zero-order valence-corrected chi connectivity index (χ0v) is 12.1. The van der Waals surface area contributed by atoms with E-state index in [1.54, 1.807) is 0 Å². The summed E-state index contributed by atoms with van der Waals surface area (Å²) in [6.45, 7) is 0. The minimum atomic E-state index is -4.62. The molecule has 0 amide bonds. The van der Waals surface area contributed by atoms with Gasteiger partial charge in [-0.3, -0.25) is 4.79 Å². The van der Waals surface area contributed by atoms with Crippen molar-refractivity contribution >= 4 is 21.7 Å². The summed E-state index contributed by atoms with van der Waals surface area (Å²) in [4.78, 5) is 12.1. The second-order valence-corrected chi connectivity index (χ2v) is 5.29.